The quantitative estimate of drug-likeness (QED) is 0.870. The van der Waals surface area contributed by atoms with Gasteiger partial charge in [0.25, 0.3) is 0 Å². The molecule has 0 radical (unpaired) electrons. The van der Waals surface area contributed by atoms with Gasteiger partial charge in [0.2, 0.25) is 0 Å². The number of nitrogens with zero attached hydrogens (tertiary/aromatic N) is 3. The van der Waals surface area contributed by atoms with Crippen LogP contribution in [0.3, 0.4) is 0 Å². The van der Waals surface area contributed by atoms with Crippen molar-refractivity contribution in [2.24, 2.45) is 0 Å². The van der Waals surface area contributed by atoms with E-state index in [9.17, 15) is 5.11 Å². The van der Waals surface area contributed by atoms with Crippen LogP contribution in [-0.4, -0.2) is 46.2 Å². The highest BCUT2D eigenvalue weighted by molar-refractivity contribution is 5.25. The average Bonchev–Trinajstić information content (AvgIpc) is 2.75. The first kappa shape index (κ1) is 13.2. The van der Waals surface area contributed by atoms with Gasteiger partial charge in [0.05, 0.1) is 12.8 Å². The Balaban J connectivity index is 2.12. The van der Waals surface area contributed by atoms with Crippen LogP contribution in [0, 0.1) is 0 Å². The average molecular weight is 251 g/mol. The third-order valence-electron chi connectivity index (χ3n) is 3.16. The molecule has 5 nitrogen and oxygen atoms in total. The van der Waals surface area contributed by atoms with Crippen LogP contribution in [0.4, 0.5) is 0 Å². The molecule has 0 saturated carbocycles. The minimum Gasteiger partial charge on any atom is -0.485 e. The fourth-order valence-corrected chi connectivity index (χ4v) is 2.08. The maximum absolute atomic E-state index is 9.37. The predicted octanol–water partition coefficient (Wildman–Crippen LogP) is 1.18. The van der Waals surface area contributed by atoms with E-state index >= 15 is 0 Å². The minimum atomic E-state index is -0.111. The van der Waals surface area contributed by atoms with Crippen LogP contribution in [0.15, 0.2) is 6.20 Å². The summed E-state index contributed by atoms with van der Waals surface area (Å²) in [5, 5.41) is 9.37. The van der Waals surface area contributed by atoms with Crippen LogP contribution in [0.1, 0.15) is 37.7 Å². The molecule has 0 aliphatic carbocycles. The van der Waals surface area contributed by atoms with E-state index in [1.54, 1.807) is 6.20 Å². The van der Waals surface area contributed by atoms with Gasteiger partial charge in [-0.3, -0.25) is 0 Å². The Hall–Kier alpha value is -1.20. The summed E-state index contributed by atoms with van der Waals surface area (Å²) >= 11 is 0. The fraction of sp³-hybridized carbons (Fsp3) is 0.692. The van der Waals surface area contributed by atoms with E-state index in [2.05, 4.69) is 21.9 Å². The number of hydrogen-bond acceptors (Lipinski definition) is 5. The second kappa shape index (κ2) is 5.63. The molecule has 0 bridgehead atoms. The lowest BCUT2D eigenvalue weighted by atomic mass is 10.2. The van der Waals surface area contributed by atoms with Gasteiger partial charge < -0.3 is 14.7 Å². The molecule has 1 aromatic rings. The number of aromatic nitrogens is 2. The minimum absolute atomic E-state index is 0.111. The zero-order valence-corrected chi connectivity index (χ0v) is 11.3. The molecule has 0 aromatic carbocycles. The molecule has 1 N–H and O–H groups in total. The number of ether oxygens (including phenoxy) is 1. The molecule has 1 atom stereocenters. The van der Waals surface area contributed by atoms with Crippen LogP contribution in [0.5, 0.6) is 5.75 Å². The molecular weight excluding hydrogens is 230 g/mol. The van der Waals surface area contributed by atoms with Crippen LogP contribution in [0.25, 0.3) is 0 Å². The van der Waals surface area contributed by atoms with Crippen LogP contribution >= 0.6 is 0 Å². The van der Waals surface area contributed by atoms with Crippen LogP contribution in [0.2, 0.25) is 0 Å². The maximum atomic E-state index is 9.37. The first-order chi connectivity index (χ1) is 8.60. The van der Waals surface area contributed by atoms with Gasteiger partial charge >= 0.3 is 0 Å². The monoisotopic (exact) mass is 251 g/mol. The van der Waals surface area contributed by atoms with E-state index in [0.29, 0.717) is 11.4 Å². The van der Waals surface area contributed by atoms with E-state index in [4.69, 9.17) is 4.74 Å². The van der Waals surface area contributed by atoms with Crippen LogP contribution < -0.4 is 4.74 Å². The van der Waals surface area contributed by atoms with E-state index in [1.807, 2.05) is 13.8 Å². The highest BCUT2D eigenvalue weighted by atomic mass is 16.5. The first-order valence-electron chi connectivity index (χ1n) is 6.42. The van der Waals surface area contributed by atoms with E-state index in [-0.39, 0.29) is 18.6 Å². The molecule has 18 heavy (non-hydrogen) atoms. The Bertz CT molecular complexity index is 409. The summed E-state index contributed by atoms with van der Waals surface area (Å²) in [7, 11) is 2.08. The summed E-state index contributed by atoms with van der Waals surface area (Å²) in [6.07, 6.45) is 2.87. The lowest BCUT2D eigenvalue weighted by molar-refractivity contribution is 0.195. The summed E-state index contributed by atoms with van der Waals surface area (Å²) < 4.78 is 5.88. The van der Waals surface area contributed by atoms with Gasteiger partial charge in [-0.25, -0.2) is 9.97 Å². The fourth-order valence-electron chi connectivity index (χ4n) is 2.08. The molecule has 0 amide bonds. The van der Waals surface area contributed by atoms with Gasteiger partial charge in [-0.2, -0.15) is 0 Å². The SMILES string of the molecule is CC(C)c1ncc(OC2CCN(C)C2)c(CO)n1. The van der Waals surface area contributed by atoms with Crippen molar-refractivity contribution in [3.8, 4) is 5.75 Å². The molecule has 1 aliphatic rings. The highest BCUT2D eigenvalue weighted by Gasteiger charge is 2.22. The van der Waals surface area contributed by atoms with Crippen molar-refractivity contribution in [2.75, 3.05) is 20.1 Å². The molecule has 0 spiro atoms. The van der Waals surface area contributed by atoms with Crippen molar-refractivity contribution in [2.45, 2.75) is 38.9 Å². The number of hydrogen-bond donors (Lipinski definition) is 1. The second-order valence-electron chi connectivity index (χ2n) is 5.14. The number of likely N-dealkylation sites (tertiary alicyclic amines) is 1. The van der Waals surface area contributed by atoms with Crippen molar-refractivity contribution >= 4 is 0 Å². The van der Waals surface area contributed by atoms with Gasteiger partial charge in [0.15, 0.2) is 5.75 Å². The van der Waals surface area contributed by atoms with Crippen molar-refractivity contribution < 1.29 is 9.84 Å². The van der Waals surface area contributed by atoms with Crippen molar-refractivity contribution in [1.29, 1.82) is 0 Å². The molecule has 2 heterocycles. The predicted molar refractivity (Wildman–Crippen MR) is 68.6 cm³/mol. The Morgan fingerprint density at radius 2 is 2.33 bits per heavy atom. The van der Waals surface area contributed by atoms with Gasteiger partial charge in [-0.15, -0.1) is 0 Å². The van der Waals surface area contributed by atoms with E-state index < -0.39 is 0 Å². The lowest BCUT2D eigenvalue weighted by Gasteiger charge is -2.16. The normalized spacial score (nSPS) is 20.6. The van der Waals surface area contributed by atoms with Crippen molar-refractivity contribution in [1.82, 2.24) is 14.9 Å². The number of aliphatic hydroxyl groups is 1. The first-order valence-corrected chi connectivity index (χ1v) is 6.42. The van der Waals surface area contributed by atoms with Gasteiger partial charge in [-0.05, 0) is 13.5 Å². The summed E-state index contributed by atoms with van der Waals surface area (Å²) in [4.78, 5) is 10.9. The Morgan fingerprint density at radius 3 is 2.89 bits per heavy atom. The Labute approximate surface area is 108 Å². The Morgan fingerprint density at radius 1 is 1.56 bits per heavy atom. The number of aliphatic hydroxyl groups excluding tert-OH is 1. The summed E-state index contributed by atoms with van der Waals surface area (Å²) in [6.45, 7) is 5.91. The van der Waals surface area contributed by atoms with Gasteiger partial charge in [0, 0.05) is 19.0 Å². The molecule has 1 saturated heterocycles. The molecule has 1 unspecified atom stereocenters. The zero-order valence-electron chi connectivity index (χ0n) is 11.3. The largest absolute Gasteiger partial charge is 0.485 e. The summed E-state index contributed by atoms with van der Waals surface area (Å²) in [6, 6.07) is 0. The molecular formula is C13H21N3O2. The Kier molecular flexibility index (Phi) is 4.14. The maximum Gasteiger partial charge on any atom is 0.161 e. The zero-order chi connectivity index (χ0) is 13.1. The highest BCUT2D eigenvalue weighted by Crippen LogP contribution is 2.22. The molecule has 1 aromatic heterocycles. The van der Waals surface area contributed by atoms with Gasteiger partial charge in [0.1, 0.15) is 17.6 Å². The summed E-state index contributed by atoms with van der Waals surface area (Å²) in [5.74, 6) is 1.61. The molecule has 2 rings (SSSR count). The number of likely N-dealkylation sites (N-methyl/N-ethyl adjacent to an activating group) is 1. The molecule has 1 fully saturated rings. The van der Waals surface area contributed by atoms with Crippen molar-refractivity contribution in [3.63, 3.8) is 0 Å². The third-order valence-corrected chi connectivity index (χ3v) is 3.16. The van der Waals surface area contributed by atoms with Crippen molar-refractivity contribution in [3.05, 3.63) is 17.7 Å². The molecule has 1 aliphatic heterocycles. The van der Waals surface area contributed by atoms with Crippen LogP contribution in [-0.2, 0) is 6.61 Å². The topological polar surface area (TPSA) is 58.5 Å². The second-order valence-corrected chi connectivity index (χ2v) is 5.14. The molecule has 100 valence electrons. The van der Waals surface area contributed by atoms with E-state index in [1.165, 1.54) is 0 Å². The van der Waals surface area contributed by atoms with E-state index in [0.717, 1.165) is 25.3 Å². The standard InChI is InChI=1S/C13H21N3O2/c1-9(2)13-14-6-12(11(8-17)15-13)18-10-4-5-16(3)7-10/h6,9-10,17H,4-5,7-8H2,1-3H3. The summed E-state index contributed by atoms with van der Waals surface area (Å²) in [5.41, 5.74) is 0.586. The smallest absolute Gasteiger partial charge is 0.161 e. The third kappa shape index (κ3) is 2.97. The van der Waals surface area contributed by atoms with Gasteiger partial charge in [-0.1, -0.05) is 13.8 Å². The lowest BCUT2D eigenvalue weighted by Crippen LogP contribution is -2.22. The number of rotatable bonds is 4. The molecule has 5 heteroatoms.